The van der Waals surface area contributed by atoms with Gasteiger partial charge >= 0.3 is 0 Å². The van der Waals surface area contributed by atoms with Gasteiger partial charge in [-0.15, -0.1) is 0 Å². The van der Waals surface area contributed by atoms with Gasteiger partial charge in [0.15, 0.2) is 0 Å². The lowest BCUT2D eigenvalue weighted by molar-refractivity contribution is 0.768. The number of benzene rings is 1. The third-order valence-corrected chi connectivity index (χ3v) is 2.81. The van der Waals surface area contributed by atoms with Crippen molar-refractivity contribution in [3.63, 3.8) is 0 Å². The molecule has 0 saturated heterocycles. The number of aromatic amines is 1. The Kier molecular flexibility index (Phi) is 3.97. The third kappa shape index (κ3) is 3.20. The van der Waals surface area contributed by atoms with E-state index in [0.29, 0.717) is 18.2 Å². The molecule has 5 heteroatoms. The maximum Gasteiger partial charge on any atom is 0.252 e. The fourth-order valence-corrected chi connectivity index (χ4v) is 1.77. The molecule has 0 saturated carbocycles. The summed E-state index contributed by atoms with van der Waals surface area (Å²) in [4.78, 5) is 18.7. The Morgan fingerprint density at radius 3 is 2.79 bits per heavy atom. The molecular formula is C14H18N4O. The summed E-state index contributed by atoms with van der Waals surface area (Å²) in [5.41, 5.74) is 7.38. The summed E-state index contributed by atoms with van der Waals surface area (Å²) in [5, 5.41) is 3.15. The largest absolute Gasteiger partial charge is 0.340 e. The average molecular weight is 258 g/mol. The zero-order valence-corrected chi connectivity index (χ0v) is 11.1. The molecule has 5 nitrogen and oxygen atoms in total. The normalized spacial score (nSPS) is 10.7. The summed E-state index contributed by atoms with van der Waals surface area (Å²) >= 11 is 0. The molecule has 19 heavy (non-hydrogen) atoms. The predicted molar refractivity (Wildman–Crippen MR) is 76.6 cm³/mol. The van der Waals surface area contributed by atoms with E-state index < -0.39 is 0 Å². The lowest BCUT2D eigenvalue weighted by atomic mass is 10.2. The molecule has 0 unspecified atom stereocenters. The summed E-state index contributed by atoms with van der Waals surface area (Å²) in [6, 6.07) is 9.15. The van der Waals surface area contributed by atoms with Gasteiger partial charge in [0.25, 0.3) is 5.56 Å². The second-order valence-electron chi connectivity index (χ2n) is 4.66. The topological polar surface area (TPSA) is 83.8 Å². The van der Waals surface area contributed by atoms with E-state index in [4.69, 9.17) is 5.73 Å². The molecule has 0 amide bonds. The Morgan fingerprint density at radius 2 is 2.11 bits per heavy atom. The number of para-hydroxylation sites is 1. The van der Waals surface area contributed by atoms with Gasteiger partial charge in [0.2, 0.25) is 0 Å². The first-order valence-corrected chi connectivity index (χ1v) is 6.26. The van der Waals surface area contributed by atoms with Gasteiger partial charge in [-0.05, 0) is 11.6 Å². The quantitative estimate of drug-likeness (QED) is 0.784. The van der Waals surface area contributed by atoms with Crippen molar-refractivity contribution >= 4 is 11.5 Å². The van der Waals surface area contributed by atoms with Crippen LogP contribution in [0.5, 0.6) is 0 Å². The fourth-order valence-electron chi connectivity index (χ4n) is 1.77. The number of H-pyrrole nitrogens is 1. The van der Waals surface area contributed by atoms with Crippen molar-refractivity contribution in [3.8, 4) is 0 Å². The van der Waals surface area contributed by atoms with Gasteiger partial charge < -0.3 is 16.0 Å². The number of aromatic nitrogens is 2. The van der Waals surface area contributed by atoms with E-state index in [2.05, 4.69) is 15.3 Å². The minimum atomic E-state index is -0.161. The Bertz CT molecular complexity index is 619. The van der Waals surface area contributed by atoms with E-state index >= 15 is 0 Å². The molecule has 1 heterocycles. The van der Waals surface area contributed by atoms with Crippen LogP contribution in [0.25, 0.3) is 0 Å². The van der Waals surface area contributed by atoms with Gasteiger partial charge in [-0.2, -0.15) is 0 Å². The Balaban J connectivity index is 2.35. The number of nitrogens with one attached hydrogen (secondary N) is 2. The highest BCUT2D eigenvalue weighted by atomic mass is 16.1. The molecule has 0 bridgehead atoms. The molecule has 0 radical (unpaired) electrons. The molecule has 0 aliphatic carbocycles. The van der Waals surface area contributed by atoms with Gasteiger partial charge in [0.1, 0.15) is 11.6 Å². The van der Waals surface area contributed by atoms with E-state index in [1.165, 1.54) is 6.07 Å². The lowest BCUT2D eigenvalue weighted by Crippen LogP contribution is -2.13. The van der Waals surface area contributed by atoms with Crippen LogP contribution in [-0.4, -0.2) is 9.97 Å². The first-order chi connectivity index (χ1) is 9.10. The minimum absolute atomic E-state index is 0.161. The molecule has 1 aromatic carbocycles. The summed E-state index contributed by atoms with van der Waals surface area (Å²) in [5.74, 6) is 1.37. The van der Waals surface area contributed by atoms with Crippen LogP contribution in [0.4, 0.5) is 11.5 Å². The second-order valence-corrected chi connectivity index (χ2v) is 4.66. The molecule has 0 spiro atoms. The van der Waals surface area contributed by atoms with Crippen molar-refractivity contribution < 1.29 is 0 Å². The summed E-state index contributed by atoms with van der Waals surface area (Å²) in [7, 11) is 0. The zero-order chi connectivity index (χ0) is 13.8. The zero-order valence-electron chi connectivity index (χ0n) is 11.1. The minimum Gasteiger partial charge on any atom is -0.340 e. The molecule has 0 fully saturated rings. The summed E-state index contributed by atoms with van der Waals surface area (Å²) in [6.45, 7) is 4.40. The number of hydrogen-bond acceptors (Lipinski definition) is 4. The third-order valence-electron chi connectivity index (χ3n) is 2.81. The molecule has 4 N–H and O–H groups in total. The highest BCUT2D eigenvalue weighted by Gasteiger charge is 2.06. The fraction of sp³-hybridized carbons (Fsp3) is 0.286. The molecule has 0 aliphatic heterocycles. The molecule has 2 rings (SSSR count). The molecule has 1 aromatic heterocycles. The van der Waals surface area contributed by atoms with Crippen molar-refractivity contribution in [2.45, 2.75) is 26.3 Å². The summed E-state index contributed by atoms with van der Waals surface area (Å²) < 4.78 is 0. The van der Waals surface area contributed by atoms with Crippen LogP contribution in [-0.2, 0) is 6.54 Å². The van der Waals surface area contributed by atoms with E-state index in [1.54, 1.807) is 0 Å². The highest BCUT2D eigenvalue weighted by Crippen LogP contribution is 2.19. The van der Waals surface area contributed by atoms with E-state index in [-0.39, 0.29) is 11.5 Å². The van der Waals surface area contributed by atoms with Crippen molar-refractivity contribution in [1.82, 2.24) is 9.97 Å². The molecule has 0 aliphatic rings. The summed E-state index contributed by atoms with van der Waals surface area (Å²) in [6.07, 6.45) is 0. The number of nitrogens with two attached hydrogens (primary N) is 1. The van der Waals surface area contributed by atoms with Crippen molar-refractivity contribution in [1.29, 1.82) is 0 Å². The maximum atomic E-state index is 11.6. The van der Waals surface area contributed by atoms with E-state index in [0.717, 1.165) is 11.3 Å². The number of anilines is 2. The van der Waals surface area contributed by atoms with Crippen LogP contribution in [0, 0.1) is 0 Å². The van der Waals surface area contributed by atoms with Crippen LogP contribution in [0.1, 0.15) is 31.2 Å². The monoisotopic (exact) mass is 258 g/mol. The number of nitrogens with zero attached hydrogens (tertiary/aromatic N) is 1. The van der Waals surface area contributed by atoms with Crippen LogP contribution >= 0.6 is 0 Å². The smallest absolute Gasteiger partial charge is 0.252 e. The lowest BCUT2D eigenvalue weighted by Gasteiger charge is -2.11. The second kappa shape index (κ2) is 5.67. The van der Waals surface area contributed by atoms with Gasteiger partial charge in [0, 0.05) is 24.2 Å². The van der Waals surface area contributed by atoms with Crippen LogP contribution < -0.4 is 16.6 Å². The van der Waals surface area contributed by atoms with Crippen molar-refractivity contribution in [2.24, 2.45) is 5.73 Å². The molecule has 2 aromatic rings. The van der Waals surface area contributed by atoms with Gasteiger partial charge in [-0.1, -0.05) is 32.0 Å². The molecular weight excluding hydrogens is 240 g/mol. The number of rotatable bonds is 4. The van der Waals surface area contributed by atoms with Gasteiger partial charge in [-0.3, -0.25) is 4.79 Å². The van der Waals surface area contributed by atoms with Crippen LogP contribution in [0.3, 0.4) is 0 Å². The van der Waals surface area contributed by atoms with E-state index in [9.17, 15) is 4.79 Å². The standard InChI is InChI=1S/C14H18N4O/c1-9(2)14-17-12(7-13(19)18-14)16-11-6-4-3-5-10(11)8-15/h3-7,9H,8,15H2,1-2H3,(H2,16,17,18,19). The SMILES string of the molecule is CC(C)c1nc(Nc2ccccc2CN)cc(=O)[nH]1. The molecule has 0 atom stereocenters. The van der Waals surface area contributed by atoms with Gasteiger partial charge in [-0.25, -0.2) is 4.98 Å². The van der Waals surface area contributed by atoms with Gasteiger partial charge in [0.05, 0.1) is 0 Å². The Labute approximate surface area is 111 Å². The number of hydrogen-bond donors (Lipinski definition) is 3. The van der Waals surface area contributed by atoms with Crippen molar-refractivity contribution in [3.05, 3.63) is 52.1 Å². The first-order valence-electron chi connectivity index (χ1n) is 6.26. The molecule has 100 valence electrons. The average Bonchev–Trinajstić information content (AvgIpc) is 2.38. The maximum absolute atomic E-state index is 11.6. The van der Waals surface area contributed by atoms with Crippen molar-refractivity contribution in [2.75, 3.05) is 5.32 Å². The Hall–Kier alpha value is -2.14. The first kappa shape index (κ1) is 13.3. The van der Waals surface area contributed by atoms with Crippen LogP contribution in [0.15, 0.2) is 35.1 Å². The Morgan fingerprint density at radius 1 is 1.37 bits per heavy atom. The van der Waals surface area contributed by atoms with Crippen LogP contribution in [0.2, 0.25) is 0 Å². The highest BCUT2D eigenvalue weighted by molar-refractivity contribution is 5.60. The van der Waals surface area contributed by atoms with E-state index in [1.807, 2.05) is 38.1 Å². The predicted octanol–water partition coefficient (Wildman–Crippen LogP) is 2.10.